The summed E-state index contributed by atoms with van der Waals surface area (Å²) in [4.78, 5) is 27.9. The number of nitrogens with zero attached hydrogens (tertiary/aromatic N) is 2. The zero-order chi connectivity index (χ0) is 48.2. The van der Waals surface area contributed by atoms with E-state index in [1.54, 1.807) is 12.1 Å². The Morgan fingerprint density at radius 3 is 1.26 bits per heavy atom. The van der Waals surface area contributed by atoms with Gasteiger partial charge < -0.3 is 20.4 Å². The smallest absolute Gasteiger partial charge is 0.294 e. The molecule has 2 amide bonds. The van der Waals surface area contributed by atoms with Crippen molar-refractivity contribution in [2.75, 3.05) is 45.0 Å². The van der Waals surface area contributed by atoms with Crippen molar-refractivity contribution in [1.29, 1.82) is 0 Å². The second-order valence-corrected chi connectivity index (χ2v) is 20.8. The Labute approximate surface area is 382 Å². The van der Waals surface area contributed by atoms with Gasteiger partial charge in [-0.15, -0.1) is 0 Å². The predicted molar refractivity (Wildman–Crippen MR) is 256 cm³/mol. The van der Waals surface area contributed by atoms with Crippen LogP contribution < -0.4 is 20.4 Å². The summed E-state index contributed by atoms with van der Waals surface area (Å²) in [5.74, 6) is -2.30. The zero-order valence-corrected chi connectivity index (χ0v) is 40.1. The third-order valence-electron chi connectivity index (χ3n) is 11.2. The summed E-state index contributed by atoms with van der Waals surface area (Å²) in [5, 5.41) is 5.81. The second kappa shape index (κ2) is 20.3. The maximum absolute atomic E-state index is 12.9. The normalized spacial score (nSPS) is 12.0. The first-order chi connectivity index (χ1) is 30.3. The van der Waals surface area contributed by atoms with E-state index in [0.717, 1.165) is 44.8 Å². The number of rotatable bonds is 18. The fraction of sp³-hybridized carbons (Fsp3) is 0.319. The second-order valence-electron chi connectivity index (χ2n) is 16.3. The van der Waals surface area contributed by atoms with Crippen LogP contribution in [0.15, 0.2) is 89.8 Å². The highest BCUT2D eigenvalue weighted by Gasteiger charge is 2.27. The number of benzene rings is 5. The number of carbonyl (C=O) groups is 2. The van der Waals surface area contributed by atoms with Gasteiger partial charge in [0.25, 0.3) is 30.4 Å². The van der Waals surface area contributed by atoms with Gasteiger partial charge >= 0.3 is 0 Å². The van der Waals surface area contributed by atoms with Gasteiger partial charge in [-0.3, -0.25) is 23.2 Å². The number of amides is 2. The fourth-order valence-corrected chi connectivity index (χ4v) is 10.4. The van der Waals surface area contributed by atoms with Gasteiger partial charge in [0.1, 0.15) is 0 Å². The van der Waals surface area contributed by atoms with E-state index in [1.165, 1.54) is 26.0 Å². The molecule has 0 atom stereocenters. The number of nitrogens with one attached hydrogen (secondary N) is 2. The Morgan fingerprint density at radius 2 is 0.923 bits per heavy atom. The van der Waals surface area contributed by atoms with Crippen molar-refractivity contribution in [3.05, 3.63) is 135 Å². The molecule has 5 aromatic rings. The molecule has 0 aliphatic carbocycles. The van der Waals surface area contributed by atoms with E-state index in [-0.39, 0.29) is 48.2 Å². The molecule has 0 unspecified atom stereocenters. The van der Waals surface area contributed by atoms with E-state index in [2.05, 4.69) is 10.6 Å². The number of hydrogen-bond acceptors (Lipinski definition) is 10. The van der Waals surface area contributed by atoms with Crippen LogP contribution in [0.5, 0.6) is 0 Å². The van der Waals surface area contributed by atoms with Crippen LogP contribution in [0.2, 0.25) is 0 Å². The summed E-state index contributed by atoms with van der Waals surface area (Å²) in [6, 6.07) is 24.4. The van der Waals surface area contributed by atoms with E-state index in [9.17, 15) is 48.5 Å². The van der Waals surface area contributed by atoms with Crippen molar-refractivity contribution in [2.45, 2.75) is 79.0 Å². The third-order valence-corrected chi connectivity index (χ3v) is 13.7. The molecule has 0 spiro atoms. The molecule has 348 valence electrons. The lowest BCUT2D eigenvalue weighted by molar-refractivity contribution is -0.115. The molecule has 65 heavy (non-hydrogen) atoms. The Balaban J connectivity index is 1.68. The minimum Gasteiger partial charge on any atom is -0.341 e. The summed E-state index contributed by atoms with van der Waals surface area (Å²) >= 11 is 0. The summed E-state index contributed by atoms with van der Waals surface area (Å²) < 4.78 is 103. The molecule has 0 saturated carbocycles. The molecule has 0 fully saturated rings. The van der Waals surface area contributed by atoms with Crippen LogP contribution in [0.3, 0.4) is 0 Å². The zero-order valence-electron chi connectivity index (χ0n) is 37.6. The van der Waals surface area contributed by atoms with Gasteiger partial charge in [-0.25, -0.2) is 0 Å². The number of carbonyl (C=O) groups excluding carboxylic acids is 2. The number of hydrogen-bond donors (Lipinski definition) is 5. The average molecular weight is 949 g/mol. The highest BCUT2D eigenvalue weighted by Crippen LogP contribution is 2.42. The predicted octanol–water partition coefficient (Wildman–Crippen LogP) is 8.71. The first-order valence-electron chi connectivity index (χ1n) is 20.8. The van der Waals surface area contributed by atoms with Crippen molar-refractivity contribution in [3.63, 3.8) is 0 Å². The highest BCUT2D eigenvalue weighted by molar-refractivity contribution is 7.86. The molecule has 18 heteroatoms. The van der Waals surface area contributed by atoms with Gasteiger partial charge in [-0.2, -0.15) is 25.3 Å². The standard InChI is InChI=1S/C47H56N4O11S3/c1-29-27-31(3)46(33(5)44(29)48-35(7)52)50(23-11-25-63(54,55)56)39-19-15-37(16-20-39)43(41-13-9-10-14-42(41)65(60,61)62)38-17-21-40(22-18-38)51(24-12-26-64(57,58)59)47-32(4)28-30(2)45(34(47)6)49-36(8)53/h9-10,13-22,27-28,43H,11-12,23-26H2,1-8H3,(H,48,52)(H,49,53)(H,54,55,56)(H,57,58,59)(H,60,61,62). The van der Waals surface area contributed by atoms with Crippen LogP contribution in [-0.4, -0.2) is 75.3 Å². The van der Waals surface area contributed by atoms with E-state index in [4.69, 9.17) is 0 Å². The van der Waals surface area contributed by atoms with Gasteiger partial charge in [0.15, 0.2) is 0 Å². The van der Waals surface area contributed by atoms with Crippen LogP contribution in [0.4, 0.5) is 34.1 Å². The van der Waals surface area contributed by atoms with Gasteiger partial charge in [0.05, 0.1) is 16.4 Å². The minimum atomic E-state index is -4.72. The lowest BCUT2D eigenvalue weighted by Crippen LogP contribution is -2.24. The topological polar surface area (TPSA) is 228 Å². The molecule has 0 aliphatic rings. The summed E-state index contributed by atoms with van der Waals surface area (Å²) in [6.07, 6.45) is 0.116. The van der Waals surface area contributed by atoms with Crippen molar-refractivity contribution in [1.82, 2.24) is 0 Å². The molecule has 5 rings (SSSR count). The molecule has 0 saturated heterocycles. The highest BCUT2D eigenvalue weighted by atomic mass is 32.2. The molecular formula is C47H56N4O11S3. The molecule has 0 aromatic heterocycles. The summed E-state index contributed by atoms with van der Waals surface area (Å²) in [7, 11) is -13.3. The fourth-order valence-electron chi connectivity index (χ4n) is 8.67. The number of aryl methyl sites for hydroxylation is 4. The van der Waals surface area contributed by atoms with Crippen molar-refractivity contribution in [2.24, 2.45) is 0 Å². The maximum Gasteiger partial charge on any atom is 0.294 e. The van der Waals surface area contributed by atoms with Gasteiger partial charge in [-0.05, 0) is 135 Å². The Morgan fingerprint density at radius 1 is 0.554 bits per heavy atom. The Bertz CT molecular complexity index is 2780. The molecule has 0 heterocycles. The summed E-state index contributed by atoms with van der Waals surface area (Å²) in [6.45, 7) is 14.4. The lowest BCUT2D eigenvalue weighted by atomic mass is 9.85. The molecule has 5 aromatic carbocycles. The first kappa shape index (κ1) is 50.4. The van der Waals surface area contributed by atoms with E-state index in [1.807, 2.05) is 112 Å². The van der Waals surface area contributed by atoms with Crippen LogP contribution in [0, 0.1) is 41.5 Å². The van der Waals surface area contributed by atoms with Gasteiger partial charge in [0, 0.05) is 67.0 Å². The van der Waals surface area contributed by atoms with Crippen molar-refractivity contribution < 1.29 is 48.5 Å². The molecule has 0 aliphatic heterocycles. The third kappa shape index (κ3) is 12.6. The van der Waals surface area contributed by atoms with Gasteiger partial charge in [-0.1, -0.05) is 54.6 Å². The number of anilines is 6. The SMILES string of the molecule is CC(=O)Nc1c(C)cc(C)c(N(CCCS(=O)(=O)O)c2ccc(C(c3ccc(N(CCCS(=O)(=O)O)c4c(C)cc(C)c(NC(C)=O)c4C)cc3)c3ccccc3S(=O)(=O)O)cc2)c1C. The van der Waals surface area contributed by atoms with E-state index in [0.29, 0.717) is 33.9 Å². The minimum absolute atomic E-state index is 0.0581. The molecule has 0 radical (unpaired) electrons. The first-order valence-corrected chi connectivity index (χ1v) is 25.4. The molecular weight excluding hydrogens is 893 g/mol. The van der Waals surface area contributed by atoms with Crippen LogP contribution in [0.1, 0.15) is 82.7 Å². The van der Waals surface area contributed by atoms with Gasteiger partial charge in [0.2, 0.25) is 11.8 Å². The van der Waals surface area contributed by atoms with E-state index < -0.39 is 47.8 Å². The molecule has 5 N–H and O–H groups in total. The largest absolute Gasteiger partial charge is 0.341 e. The van der Waals surface area contributed by atoms with Crippen LogP contribution in [0.25, 0.3) is 0 Å². The Kier molecular flexibility index (Phi) is 15.7. The van der Waals surface area contributed by atoms with Crippen LogP contribution >= 0.6 is 0 Å². The molecule has 15 nitrogen and oxygen atoms in total. The lowest BCUT2D eigenvalue weighted by Gasteiger charge is -2.31. The quantitative estimate of drug-likeness (QED) is 0.0410. The van der Waals surface area contributed by atoms with Crippen molar-refractivity contribution >= 4 is 76.3 Å². The maximum atomic E-state index is 12.9. The van der Waals surface area contributed by atoms with Crippen LogP contribution in [-0.2, 0) is 39.9 Å². The average Bonchev–Trinajstić information content (AvgIpc) is 3.19. The Hall–Kier alpha value is -5.63. The van der Waals surface area contributed by atoms with E-state index >= 15 is 0 Å². The molecule has 0 bridgehead atoms. The van der Waals surface area contributed by atoms with Crippen molar-refractivity contribution in [3.8, 4) is 0 Å². The summed E-state index contributed by atoms with van der Waals surface area (Å²) in [5.41, 5.74) is 10.3. The monoisotopic (exact) mass is 948 g/mol.